The third-order valence-electron chi connectivity index (χ3n) is 5.63. The van der Waals surface area contributed by atoms with Crippen LogP contribution in [0, 0.1) is 12.7 Å². The summed E-state index contributed by atoms with van der Waals surface area (Å²) in [6.45, 7) is -0.687. The number of hydrogen-bond donors (Lipinski definition) is 2. The Bertz CT molecular complexity index is 1470. The molecule has 0 radical (unpaired) electrons. The molecule has 3 N–H and O–H groups in total. The molecular formula is C23H22FN7O. The molecule has 1 aliphatic heterocycles. The van der Waals surface area contributed by atoms with E-state index in [1.165, 1.54) is 10.9 Å². The first-order valence-electron chi connectivity index (χ1n) is 11.5. The Kier molecular flexibility index (Phi) is 3.95. The number of aromatic nitrogens is 4. The van der Waals surface area contributed by atoms with Crippen molar-refractivity contribution in [3.05, 3.63) is 59.9 Å². The van der Waals surface area contributed by atoms with Gasteiger partial charge in [0.25, 0.3) is 0 Å². The number of nitrogens with zero attached hydrogens (tertiary/aromatic N) is 5. The lowest BCUT2D eigenvalue weighted by molar-refractivity contribution is -0.130. The molecule has 9 heteroatoms. The highest BCUT2D eigenvalue weighted by molar-refractivity contribution is 5.98. The maximum atomic E-state index is 15.1. The van der Waals surface area contributed by atoms with Gasteiger partial charge in [-0.15, -0.1) is 0 Å². The Morgan fingerprint density at radius 2 is 2.09 bits per heavy atom. The Morgan fingerprint density at radius 1 is 1.22 bits per heavy atom. The lowest BCUT2D eigenvalue weighted by Gasteiger charge is -2.13. The van der Waals surface area contributed by atoms with Crippen molar-refractivity contribution in [3.63, 3.8) is 0 Å². The summed E-state index contributed by atoms with van der Waals surface area (Å²) in [4.78, 5) is 21.7. The van der Waals surface area contributed by atoms with Crippen LogP contribution >= 0.6 is 0 Å². The number of hydrogen-bond acceptors (Lipinski definition) is 6. The van der Waals surface area contributed by atoms with E-state index < -0.39 is 18.7 Å². The predicted molar refractivity (Wildman–Crippen MR) is 121 cm³/mol. The van der Waals surface area contributed by atoms with E-state index in [1.54, 1.807) is 36.7 Å². The molecule has 1 aromatic carbocycles. The number of halogens is 1. The highest BCUT2D eigenvalue weighted by atomic mass is 19.1. The number of amides is 1. The van der Waals surface area contributed by atoms with E-state index in [2.05, 4.69) is 20.4 Å². The van der Waals surface area contributed by atoms with Crippen molar-refractivity contribution in [2.45, 2.75) is 19.9 Å². The molecule has 8 nitrogen and oxygen atoms in total. The van der Waals surface area contributed by atoms with Gasteiger partial charge in [-0.05, 0) is 36.1 Å². The molecule has 1 aliphatic rings. The summed E-state index contributed by atoms with van der Waals surface area (Å²) in [5, 5.41) is 8.68. The van der Waals surface area contributed by atoms with Gasteiger partial charge >= 0.3 is 0 Å². The van der Waals surface area contributed by atoms with Gasteiger partial charge in [-0.25, -0.2) is 9.37 Å². The normalized spacial score (nSPS) is 15.6. The van der Waals surface area contributed by atoms with Crippen molar-refractivity contribution in [1.82, 2.24) is 24.6 Å². The molecule has 5 rings (SSSR count). The highest BCUT2D eigenvalue weighted by Crippen LogP contribution is 2.35. The van der Waals surface area contributed by atoms with Crippen LogP contribution in [0.4, 0.5) is 21.7 Å². The minimum Gasteiger partial charge on any atom is -0.396 e. The fourth-order valence-corrected chi connectivity index (χ4v) is 3.86. The van der Waals surface area contributed by atoms with Crippen LogP contribution in [-0.4, -0.2) is 44.1 Å². The third kappa shape index (κ3) is 3.41. The summed E-state index contributed by atoms with van der Waals surface area (Å²) >= 11 is 0. The number of carbonyl (C=O) groups is 1. The van der Waals surface area contributed by atoms with Gasteiger partial charge in [-0.2, -0.15) is 5.10 Å². The summed E-state index contributed by atoms with van der Waals surface area (Å²) in [5.41, 5.74) is 8.71. The van der Waals surface area contributed by atoms with E-state index in [0.717, 1.165) is 16.2 Å². The summed E-state index contributed by atoms with van der Waals surface area (Å²) < 4.78 is 39.2. The number of nitrogens with one attached hydrogen (secondary N) is 1. The first-order chi connectivity index (χ1) is 16.6. The topological polar surface area (TPSA) is 102 Å². The number of likely N-dealkylation sites (N-methyl/N-ethyl adjacent to an activating group) is 1. The van der Waals surface area contributed by atoms with E-state index in [-0.39, 0.29) is 18.8 Å². The quantitative estimate of drug-likeness (QED) is 0.480. The standard InChI is InChI=1S/C23H22FN7O/c1-13-3-5-26-10-17(13)16-7-14-8-19(27-11-18(14)23(25)22(16)24)28-20-9-15-4-6-30(2)21(32)12-31(15)29-20/h3,5,7-11H,4,6,12,25H2,1-2H3,(H,27,28,29)/i2D3. The lowest BCUT2D eigenvalue weighted by atomic mass is 9.98. The second kappa shape index (κ2) is 7.60. The molecule has 4 aromatic rings. The monoisotopic (exact) mass is 434 g/mol. The fraction of sp³-hybridized carbons (Fsp3) is 0.217. The molecule has 0 spiro atoms. The van der Waals surface area contributed by atoms with Crippen molar-refractivity contribution in [2.24, 2.45) is 0 Å². The number of aryl methyl sites for hydroxylation is 1. The Balaban J connectivity index is 1.45. The van der Waals surface area contributed by atoms with Crippen LogP contribution in [0.3, 0.4) is 0 Å². The molecule has 0 bridgehead atoms. The highest BCUT2D eigenvalue weighted by Gasteiger charge is 2.20. The van der Waals surface area contributed by atoms with Crippen molar-refractivity contribution in [2.75, 3.05) is 24.6 Å². The first kappa shape index (κ1) is 16.7. The van der Waals surface area contributed by atoms with Gasteiger partial charge < -0.3 is 16.0 Å². The maximum absolute atomic E-state index is 15.1. The molecule has 0 saturated carbocycles. The zero-order chi connectivity index (χ0) is 24.9. The van der Waals surface area contributed by atoms with Gasteiger partial charge in [0.05, 0.1) is 5.69 Å². The molecule has 0 aliphatic carbocycles. The number of carbonyl (C=O) groups excluding carboxylic acids is 1. The van der Waals surface area contributed by atoms with Crippen LogP contribution in [0.25, 0.3) is 21.9 Å². The second-order valence-corrected chi connectivity index (χ2v) is 7.73. The van der Waals surface area contributed by atoms with E-state index in [9.17, 15) is 4.79 Å². The number of nitrogens with two attached hydrogens (primary N) is 1. The Labute approximate surface area is 188 Å². The van der Waals surface area contributed by atoms with Crippen LogP contribution < -0.4 is 11.1 Å². The van der Waals surface area contributed by atoms with Crippen LogP contribution in [0.5, 0.6) is 0 Å². The maximum Gasteiger partial charge on any atom is 0.244 e. The zero-order valence-electron chi connectivity index (χ0n) is 20.3. The number of fused-ring (bicyclic) bond motifs is 2. The predicted octanol–water partition coefficient (Wildman–Crippen LogP) is 3.28. The average Bonchev–Trinajstić information content (AvgIpc) is 3.08. The molecule has 4 heterocycles. The molecule has 162 valence electrons. The lowest BCUT2D eigenvalue weighted by Crippen LogP contribution is -2.29. The van der Waals surface area contributed by atoms with Crippen LogP contribution in [-0.2, 0) is 17.8 Å². The summed E-state index contributed by atoms with van der Waals surface area (Å²) in [6, 6.07) is 7.01. The fourth-order valence-electron chi connectivity index (χ4n) is 3.86. The third-order valence-corrected chi connectivity index (χ3v) is 5.63. The van der Waals surface area contributed by atoms with Gasteiger partial charge in [-0.3, -0.25) is 14.5 Å². The molecule has 3 aromatic heterocycles. The van der Waals surface area contributed by atoms with Crippen LogP contribution in [0.2, 0.25) is 0 Å². The van der Waals surface area contributed by atoms with Crippen molar-refractivity contribution in [1.29, 1.82) is 0 Å². The SMILES string of the molecule is [2H]C([2H])([2H])N1CCc2cc(Nc3cc4cc(-c5cnccc5C)c(F)c(N)c4cn3)nn2CC1=O. The number of nitrogen functional groups attached to an aromatic ring is 1. The van der Waals surface area contributed by atoms with Crippen molar-refractivity contribution >= 4 is 34.0 Å². The van der Waals surface area contributed by atoms with Crippen LogP contribution in [0.15, 0.2) is 42.9 Å². The van der Waals surface area contributed by atoms with Gasteiger partial charge in [0.1, 0.15) is 12.4 Å². The summed E-state index contributed by atoms with van der Waals surface area (Å²) in [6.07, 6.45) is 5.10. The number of pyridine rings is 2. The minimum atomic E-state index is -2.48. The van der Waals surface area contributed by atoms with Crippen molar-refractivity contribution in [3.8, 4) is 11.1 Å². The molecular weight excluding hydrogens is 409 g/mol. The van der Waals surface area contributed by atoms with Gasteiger partial charge in [-0.1, -0.05) is 0 Å². The largest absolute Gasteiger partial charge is 0.396 e. The second-order valence-electron chi connectivity index (χ2n) is 7.73. The molecule has 0 unspecified atom stereocenters. The molecule has 0 atom stereocenters. The first-order valence-corrected chi connectivity index (χ1v) is 10.0. The molecule has 0 fully saturated rings. The van der Waals surface area contributed by atoms with Crippen LogP contribution in [0.1, 0.15) is 15.4 Å². The smallest absolute Gasteiger partial charge is 0.244 e. The minimum absolute atomic E-state index is 0.00540. The van der Waals surface area contributed by atoms with E-state index in [0.29, 0.717) is 40.0 Å². The average molecular weight is 434 g/mol. The number of anilines is 3. The molecule has 32 heavy (non-hydrogen) atoms. The molecule has 0 saturated heterocycles. The Hall–Kier alpha value is -4.01. The summed E-state index contributed by atoms with van der Waals surface area (Å²) in [5.74, 6) is -0.121. The molecule has 1 amide bonds. The van der Waals surface area contributed by atoms with E-state index in [4.69, 9.17) is 9.85 Å². The van der Waals surface area contributed by atoms with E-state index in [1.807, 2.05) is 6.92 Å². The van der Waals surface area contributed by atoms with Gasteiger partial charge in [0.15, 0.2) is 11.6 Å². The van der Waals surface area contributed by atoms with E-state index >= 15 is 4.39 Å². The van der Waals surface area contributed by atoms with Gasteiger partial charge in [0.2, 0.25) is 5.91 Å². The zero-order valence-corrected chi connectivity index (χ0v) is 17.3. The van der Waals surface area contributed by atoms with Crippen molar-refractivity contribution < 1.29 is 13.3 Å². The number of benzene rings is 1. The summed E-state index contributed by atoms with van der Waals surface area (Å²) in [7, 11) is 0. The number of rotatable bonds is 3. The van der Waals surface area contributed by atoms with Gasteiger partial charge in [0, 0.05) is 70.9 Å². The Morgan fingerprint density at radius 3 is 2.91 bits per heavy atom.